The van der Waals surface area contributed by atoms with E-state index in [1.807, 2.05) is 13.0 Å². The molecule has 4 heteroatoms. The zero-order chi connectivity index (χ0) is 9.68. The lowest BCUT2D eigenvalue weighted by Crippen LogP contribution is -2.07. The zero-order valence-corrected chi connectivity index (χ0v) is 8.84. The van der Waals surface area contributed by atoms with Crippen molar-refractivity contribution in [3.8, 4) is 0 Å². The molecule has 0 spiro atoms. The van der Waals surface area contributed by atoms with Crippen molar-refractivity contribution in [2.75, 3.05) is 6.54 Å². The molecule has 13 heavy (non-hydrogen) atoms. The lowest BCUT2D eigenvalue weighted by Gasteiger charge is -2.07. The molecule has 0 aliphatic carbocycles. The van der Waals surface area contributed by atoms with E-state index >= 15 is 0 Å². The number of thioether (sulfide) groups is 1. The minimum absolute atomic E-state index is 0.492. The van der Waals surface area contributed by atoms with Crippen molar-refractivity contribution in [1.29, 1.82) is 0 Å². The molecule has 1 aromatic rings. The molecule has 0 bridgehead atoms. The second-order valence-corrected chi connectivity index (χ2v) is 4.39. The Hall–Kier alpha value is -0.610. The summed E-state index contributed by atoms with van der Waals surface area (Å²) in [5, 5.41) is 1.34. The topological polar surface area (TPSA) is 51.8 Å². The fourth-order valence-electron chi connectivity index (χ4n) is 0.956. The number of aryl methyl sites for hydroxylation is 1. The Bertz CT molecular complexity index is 265. The molecule has 1 aromatic heterocycles. The van der Waals surface area contributed by atoms with Gasteiger partial charge < -0.3 is 5.73 Å². The highest BCUT2D eigenvalue weighted by Crippen LogP contribution is 2.20. The number of nitrogens with zero attached hydrogens (tertiary/aromatic N) is 2. The first kappa shape index (κ1) is 10.5. The lowest BCUT2D eigenvalue weighted by molar-refractivity contribution is 0.814. The second-order valence-electron chi connectivity index (χ2n) is 2.99. The van der Waals surface area contributed by atoms with E-state index in [9.17, 15) is 0 Å². The van der Waals surface area contributed by atoms with Gasteiger partial charge in [-0.25, -0.2) is 9.97 Å². The van der Waals surface area contributed by atoms with Crippen molar-refractivity contribution in [1.82, 2.24) is 9.97 Å². The summed E-state index contributed by atoms with van der Waals surface area (Å²) >= 11 is 1.68. The Morgan fingerprint density at radius 3 is 3.00 bits per heavy atom. The third-order valence-electron chi connectivity index (χ3n) is 1.65. The van der Waals surface area contributed by atoms with Crippen molar-refractivity contribution >= 4 is 11.8 Å². The van der Waals surface area contributed by atoms with Crippen LogP contribution in [0.1, 0.15) is 19.0 Å². The molecule has 0 aliphatic rings. The van der Waals surface area contributed by atoms with Gasteiger partial charge in [-0.2, -0.15) is 0 Å². The number of rotatable bonds is 4. The van der Waals surface area contributed by atoms with Gasteiger partial charge in [0.25, 0.3) is 0 Å². The Morgan fingerprint density at radius 1 is 1.62 bits per heavy atom. The van der Waals surface area contributed by atoms with Crippen LogP contribution in [0, 0.1) is 6.92 Å². The fourth-order valence-corrected chi connectivity index (χ4v) is 1.89. The first-order valence-corrected chi connectivity index (χ1v) is 5.26. The van der Waals surface area contributed by atoms with Gasteiger partial charge in [0, 0.05) is 17.1 Å². The van der Waals surface area contributed by atoms with Gasteiger partial charge in [-0.1, -0.05) is 18.7 Å². The van der Waals surface area contributed by atoms with Gasteiger partial charge in [-0.3, -0.25) is 0 Å². The monoisotopic (exact) mass is 197 g/mol. The summed E-state index contributed by atoms with van der Waals surface area (Å²) in [5.74, 6) is 0. The highest BCUT2D eigenvalue weighted by molar-refractivity contribution is 7.99. The van der Waals surface area contributed by atoms with Crippen LogP contribution in [0.3, 0.4) is 0 Å². The van der Waals surface area contributed by atoms with Crippen molar-refractivity contribution in [3.63, 3.8) is 0 Å². The first-order valence-electron chi connectivity index (χ1n) is 4.38. The maximum absolute atomic E-state index is 5.46. The van der Waals surface area contributed by atoms with Gasteiger partial charge in [-0.05, 0) is 26.0 Å². The number of nitrogens with two attached hydrogens (primary N) is 1. The van der Waals surface area contributed by atoms with Gasteiger partial charge in [0.2, 0.25) is 0 Å². The van der Waals surface area contributed by atoms with Crippen LogP contribution in [-0.4, -0.2) is 21.8 Å². The Labute approximate surface area is 83.2 Å². The van der Waals surface area contributed by atoms with Crippen molar-refractivity contribution < 1.29 is 0 Å². The third-order valence-corrected chi connectivity index (χ3v) is 2.70. The largest absolute Gasteiger partial charge is 0.330 e. The maximum Gasteiger partial charge on any atom is 0.187 e. The summed E-state index contributed by atoms with van der Waals surface area (Å²) in [5.41, 5.74) is 6.47. The summed E-state index contributed by atoms with van der Waals surface area (Å²) in [6.45, 7) is 4.84. The normalized spacial score (nSPS) is 12.8. The molecule has 1 rings (SSSR count). The van der Waals surface area contributed by atoms with Crippen LogP contribution in [0.2, 0.25) is 0 Å². The summed E-state index contributed by atoms with van der Waals surface area (Å²) in [6.07, 6.45) is 2.79. The predicted octanol–water partition coefficient (Wildman–Crippen LogP) is 1.61. The summed E-state index contributed by atoms with van der Waals surface area (Å²) in [7, 11) is 0. The van der Waals surface area contributed by atoms with E-state index in [2.05, 4.69) is 16.9 Å². The summed E-state index contributed by atoms with van der Waals surface area (Å²) in [6, 6.07) is 1.90. The van der Waals surface area contributed by atoms with Crippen molar-refractivity contribution in [2.45, 2.75) is 30.7 Å². The smallest absolute Gasteiger partial charge is 0.187 e. The molecule has 0 saturated carbocycles. The van der Waals surface area contributed by atoms with E-state index in [1.54, 1.807) is 18.0 Å². The van der Waals surface area contributed by atoms with Crippen LogP contribution in [0.15, 0.2) is 17.4 Å². The standard InChI is InChI=1S/C9H15N3S/c1-7-4-6-11-9(12-7)13-8(2)3-5-10/h4,6,8H,3,5,10H2,1-2H3. The zero-order valence-electron chi connectivity index (χ0n) is 8.03. The van der Waals surface area contributed by atoms with Gasteiger partial charge in [-0.15, -0.1) is 0 Å². The molecular weight excluding hydrogens is 182 g/mol. The average molecular weight is 197 g/mol. The van der Waals surface area contributed by atoms with Crippen LogP contribution in [0.5, 0.6) is 0 Å². The van der Waals surface area contributed by atoms with E-state index in [0.29, 0.717) is 5.25 Å². The van der Waals surface area contributed by atoms with Crippen molar-refractivity contribution in [2.24, 2.45) is 5.73 Å². The van der Waals surface area contributed by atoms with Crippen LogP contribution in [0.25, 0.3) is 0 Å². The molecule has 2 N–H and O–H groups in total. The first-order chi connectivity index (χ1) is 6.22. The van der Waals surface area contributed by atoms with Crippen molar-refractivity contribution in [3.05, 3.63) is 18.0 Å². The number of aromatic nitrogens is 2. The van der Waals surface area contributed by atoms with E-state index in [-0.39, 0.29) is 0 Å². The van der Waals surface area contributed by atoms with Crippen LogP contribution >= 0.6 is 11.8 Å². The molecule has 1 unspecified atom stereocenters. The lowest BCUT2D eigenvalue weighted by atomic mass is 10.3. The van der Waals surface area contributed by atoms with Gasteiger partial charge in [0.1, 0.15) is 0 Å². The molecular formula is C9H15N3S. The Morgan fingerprint density at radius 2 is 2.38 bits per heavy atom. The minimum atomic E-state index is 0.492. The molecule has 1 heterocycles. The molecule has 0 aliphatic heterocycles. The SMILES string of the molecule is Cc1ccnc(SC(C)CCN)n1. The Balaban J connectivity index is 2.53. The minimum Gasteiger partial charge on any atom is -0.330 e. The molecule has 0 radical (unpaired) electrons. The van der Waals surface area contributed by atoms with E-state index in [0.717, 1.165) is 23.8 Å². The molecule has 3 nitrogen and oxygen atoms in total. The van der Waals surface area contributed by atoms with Gasteiger partial charge in [0.15, 0.2) is 5.16 Å². The van der Waals surface area contributed by atoms with Gasteiger partial charge in [0.05, 0.1) is 0 Å². The highest BCUT2D eigenvalue weighted by atomic mass is 32.2. The van der Waals surface area contributed by atoms with E-state index < -0.39 is 0 Å². The second kappa shape index (κ2) is 5.19. The average Bonchev–Trinajstić information content (AvgIpc) is 2.04. The van der Waals surface area contributed by atoms with Crippen LogP contribution in [-0.2, 0) is 0 Å². The molecule has 72 valence electrons. The predicted molar refractivity (Wildman–Crippen MR) is 55.8 cm³/mol. The molecule has 0 fully saturated rings. The van der Waals surface area contributed by atoms with Gasteiger partial charge >= 0.3 is 0 Å². The summed E-state index contributed by atoms with van der Waals surface area (Å²) < 4.78 is 0. The fraction of sp³-hybridized carbons (Fsp3) is 0.556. The van der Waals surface area contributed by atoms with E-state index in [1.165, 1.54) is 0 Å². The maximum atomic E-state index is 5.46. The molecule has 0 amide bonds. The summed E-state index contributed by atoms with van der Waals surface area (Å²) in [4.78, 5) is 8.48. The molecule has 0 aromatic carbocycles. The molecule has 0 saturated heterocycles. The molecule has 1 atom stereocenters. The Kier molecular flexibility index (Phi) is 4.18. The van der Waals surface area contributed by atoms with Crippen LogP contribution in [0.4, 0.5) is 0 Å². The van der Waals surface area contributed by atoms with E-state index in [4.69, 9.17) is 5.73 Å². The number of hydrogen-bond donors (Lipinski definition) is 1. The highest BCUT2D eigenvalue weighted by Gasteiger charge is 2.05. The number of hydrogen-bond acceptors (Lipinski definition) is 4. The third kappa shape index (κ3) is 3.74. The quantitative estimate of drug-likeness (QED) is 0.588. The van der Waals surface area contributed by atoms with Crippen LogP contribution < -0.4 is 5.73 Å².